The molecule has 164 valence electrons. The van der Waals surface area contributed by atoms with Gasteiger partial charge in [-0.05, 0) is 42.5 Å². The van der Waals surface area contributed by atoms with Gasteiger partial charge in [0.1, 0.15) is 5.76 Å². The first kappa shape index (κ1) is 20.4. The lowest BCUT2D eigenvalue weighted by molar-refractivity contribution is -0.115. The van der Waals surface area contributed by atoms with Crippen molar-refractivity contribution in [3.05, 3.63) is 90.0 Å². The summed E-state index contributed by atoms with van der Waals surface area (Å²) in [4.78, 5) is 35.5. The van der Waals surface area contributed by atoms with Gasteiger partial charge in [-0.2, -0.15) is 0 Å². The second kappa shape index (κ2) is 8.58. The van der Waals surface area contributed by atoms with Crippen molar-refractivity contribution in [2.45, 2.75) is 13.0 Å². The van der Waals surface area contributed by atoms with Crippen molar-refractivity contribution in [1.29, 1.82) is 0 Å². The van der Waals surface area contributed by atoms with Crippen LogP contribution >= 0.6 is 0 Å². The Kier molecular flexibility index (Phi) is 5.32. The summed E-state index contributed by atoms with van der Waals surface area (Å²) in [5.41, 5.74) is 4.38. The van der Waals surface area contributed by atoms with E-state index in [4.69, 9.17) is 4.42 Å². The second-order valence-electron chi connectivity index (χ2n) is 7.78. The number of para-hydroxylation sites is 1. The van der Waals surface area contributed by atoms with E-state index in [0.717, 1.165) is 28.3 Å². The van der Waals surface area contributed by atoms with Gasteiger partial charge in [-0.25, -0.2) is 9.97 Å². The molecule has 33 heavy (non-hydrogen) atoms. The first-order valence-corrected chi connectivity index (χ1v) is 10.5. The number of nitrogens with one attached hydrogen (secondary N) is 2. The molecule has 0 unspecified atom stereocenters. The van der Waals surface area contributed by atoms with Crippen molar-refractivity contribution < 1.29 is 14.0 Å². The molecule has 0 spiro atoms. The molecule has 8 heteroatoms. The first-order chi connectivity index (χ1) is 16.1. The van der Waals surface area contributed by atoms with Crippen LogP contribution in [-0.2, 0) is 17.8 Å². The standard InChI is InChI=1S/C25H21N5O3/c1-30(15-19-5-4-12-33-19)24(32)16-8-10-18(11-9-16)27-25-26-14-17-13-22(31)28-21-7-3-2-6-20(21)23(17)29-25/h2-12,14H,13,15H2,1H3,(H,28,31)(H,26,27,29). The molecule has 2 aromatic heterocycles. The fourth-order valence-electron chi connectivity index (χ4n) is 3.75. The van der Waals surface area contributed by atoms with Crippen molar-refractivity contribution in [3.8, 4) is 11.3 Å². The Morgan fingerprint density at radius 2 is 1.94 bits per heavy atom. The number of rotatable bonds is 5. The number of fused-ring (bicyclic) bond motifs is 3. The predicted octanol–water partition coefficient (Wildman–Crippen LogP) is 4.25. The summed E-state index contributed by atoms with van der Waals surface area (Å²) in [5.74, 6) is 0.936. The average molecular weight is 439 g/mol. The van der Waals surface area contributed by atoms with Crippen LogP contribution < -0.4 is 10.6 Å². The van der Waals surface area contributed by atoms with Crippen LogP contribution in [-0.4, -0.2) is 33.7 Å². The topological polar surface area (TPSA) is 100 Å². The second-order valence-corrected chi connectivity index (χ2v) is 7.78. The highest BCUT2D eigenvalue weighted by atomic mass is 16.3. The van der Waals surface area contributed by atoms with Gasteiger partial charge in [-0.3, -0.25) is 9.59 Å². The van der Waals surface area contributed by atoms with Gasteiger partial charge >= 0.3 is 0 Å². The molecule has 0 aliphatic carbocycles. The maximum absolute atomic E-state index is 12.7. The highest BCUT2D eigenvalue weighted by molar-refractivity contribution is 6.00. The van der Waals surface area contributed by atoms with Crippen LogP contribution in [0.5, 0.6) is 0 Å². The number of aromatic nitrogens is 2. The summed E-state index contributed by atoms with van der Waals surface area (Å²) < 4.78 is 5.31. The molecule has 0 radical (unpaired) electrons. The van der Waals surface area contributed by atoms with E-state index < -0.39 is 0 Å². The third-order valence-corrected chi connectivity index (χ3v) is 5.38. The number of nitrogens with zero attached hydrogens (tertiary/aromatic N) is 3. The summed E-state index contributed by atoms with van der Waals surface area (Å²) in [5, 5.41) is 6.09. The molecule has 0 fully saturated rings. The smallest absolute Gasteiger partial charge is 0.254 e. The van der Waals surface area contributed by atoms with Gasteiger partial charge in [0.2, 0.25) is 11.9 Å². The molecule has 2 amide bonds. The van der Waals surface area contributed by atoms with Gasteiger partial charge < -0.3 is 20.0 Å². The minimum Gasteiger partial charge on any atom is -0.467 e. The number of furan rings is 1. The maximum Gasteiger partial charge on any atom is 0.254 e. The average Bonchev–Trinajstić information content (AvgIpc) is 3.28. The lowest BCUT2D eigenvalue weighted by atomic mass is 10.1. The van der Waals surface area contributed by atoms with E-state index in [2.05, 4.69) is 20.6 Å². The third-order valence-electron chi connectivity index (χ3n) is 5.38. The lowest BCUT2D eigenvalue weighted by Gasteiger charge is -2.16. The lowest BCUT2D eigenvalue weighted by Crippen LogP contribution is -2.25. The fourth-order valence-corrected chi connectivity index (χ4v) is 3.75. The van der Waals surface area contributed by atoms with Gasteiger partial charge in [0.05, 0.1) is 30.6 Å². The molecule has 4 aromatic rings. The number of hydrogen-bond donors (Lipinski definition) is 2. The van der Waals surface area contributed by atoms with Crippen molar-refractivity contribution in [2.75, 3.05) is 17.7 Å². The molecular weight excluding hydrogens is 418 g/mol. The van der Waals surface area contributed by atoms with E-state index in [-0.39, 0.29) is 18.2 Å². The number of amides is 2. The molecule has 5 rings (SSSR count). The summed E-state index contributed by atoms with van der Waals surface area (Å²) in [7, 11) is 1.73. The Labute approximate surface area is 190 Å². The molecule has 0 saturated heterocycles. The van der Waals surface area contributed by atoms with E-state index in [1.807, 2.05) is 42.5 Å². The molecule has 2 aromatic carbocycles. The van der Waals surface area contributed by atoms with Gasteiger partial charge in [-0.1, -0.05) is 18.2 Å². The fraction of sp³-hybridized carbons (Fsp3) is 0.120. The SMILES string of the molecule is CN(Cc1ccco1)C(=O)c1ccc(Nc2ncc3c(n2)-c2ccccc2NC(=O)C3)cc1. The minimum atomic E-state index is -0.104. The van der Waals surface area contributed by atoms with E-state index in [1.54, 1.807) is 42.6 Å². The molecule has 8 nitrogen and oxygen atoms in total. The Bertz CT molecular complexity index is 1320. The van der Waals surface area contributed by atoms with Crippen molar-refractivity contribution in [1.82, 2.24) is 14.9 Å². The van der Waals surface area contributed by atoms with Crippen molar-refractivity contribution in [2.24, 2.45) is 0 Å². The molecular formula is C25H21N5O3. The molecule has 1 aliphatic heterocycles. The van der Waals surface area contributed by atoms with Crippen LogP contribution in [0.1, 0.15) is 21.7 Å². The minimum absolute atomic E-state index is 0.0946. The van der Waals surface area contributed by atoms with Gasteiger partial charge in [0.25, 0.3) is 5.91 Å². The maximum atomic E-state index is 12.7. The van der Waals surface area contributed by atoms with Crippen LogP contribution in [0.4, 0.5) is 17.3 Å². The van der Waals surface area contributed by atoms with E-state index in [1.165, 1.54) is 0 Å². The largest absolute Gasteiger partial charge is 0.467 e. The molecule has 0 saturated carbocycles. The summed E-state index contributed by atoms with van der Waals surface area (Å²) in [6.45, 7) is 0.396. The zero-order chi connectivity index (χ0) is 22.8. The van der Waals surface area contributed by atoms with Crippen LogP contribution in [0.3, 0.4) is 0 Å². The predicted molar refractivity (Wildman–Crippen MR) is 124 cm³/mol. The molecule has 2 N–H and O–H groups in total. The first-order valence-electron chi connectivity index (χ1n) is 10.5. The summed E-state index contributed by atoms with van der Waals surface area (Å²) >= 11 is 0. The highest BCUT2D eigenvalue weighted by Crippen LogP contribution is 2.32. The van der Waals surface area contributed by atoms with E-state index in [0.29, 0.717) is 23.8 Å². The van der Waals surface area contributed by atoms with Crippen LogP contribution in [0, 0.1) is 0 Å². The zero-order valence-electron chi connectivity index (χ0n) is 17.9. The normalized spacial score (nSPS) is 12.2. The Morgan fingerprint density at radius 3 is 2.73 bits per heavy atom. The summed E-state index contributed by atoms with van der Waals surface area (Å²) in [6, 6.07) is 18.3. The quantitative estimate of drug-likeness (QED) is 0.482. The monoisotopic (exact) mass is 439 g/mol. The van der Waals surface area contributed by atoms with E-state index in [9.17, 15) is 9.59 Å². The number of benzene rings is 2. The molecule has 0 bridgehead atoms. The van der Waals surface area contributed by atoms with Crippen LogP contribution in [0.25, 0.3) is 11.3 Å². The zero-order valence-corrected chi connectivity index (χ0v) is 17.9. The van der Waals surface area contributed by atoms with Crippen LogP contribution in [0.15, 0.2) is 77.5 Å². The highest BCUT2D eigenvalue weighted by Gasteiger charge is 2.20. The van der Waals surface area contributed by atoms with Gasteiger partial charge in [-0.15, -0.1) is 0 Å². The Balaban J connectivity index is 1.34. The number of hydrogen-bond acceptors (Lipinski definition) is 6. The van der Waals surface area contributed by atoms with Crippen molar-refractivity contribution >= 4 is 29.1 Å². The number of carbonyl (C=O) groups excluding carboxylic acids is 2. The van der Waals surface area contributed by atoms with Crippen molar-refractivity contribution in [3.63, 3.8) is 0 Å². The Morgan fingerprint density at radius 1 is 1.12 bits per heavy atom. The molecule has 3 heterocycles. The Hall–Kier alpha value is -4.46. The van der Waals surface area contributed by atoms with Crippen LogP contribution in [0.2, 0.25) is 0 Å². The number of carbonyl (C=O) groups is 2. The molecule has 1 aliphatic rings. The molecule has 0 atom stereocenters. The van der Waals surface area contributed by atoms with E-state index >= 15 is 0 Å². The van der Waals surface area contributed by atoms with Gasteiger partial charge in [0, 0.05) is 35.6 Å². The van der Waals surface area contributed by atoms with Gasteiger partial charge in [0.15, 0.2) is 0 Å². The third kappa shape index (κ3) is 4.31. The summed E-state index contributed by atoms with van der Waals surface area (Å²) in [6.07, 6.45) is 3.48. The number of anilines is 3.